The van der Waals surface area contributed by atoms with Crippen molar-refractivity contribution in [1.29, 1.82) is 0 Å². The number of fused-ring (bicyclic) bond motifs is 1. The Balaban J connectivity index is 1.95. The SMILES string of the molecule is Cc1ccc2c(=O)c(C(=O)NC3CCCC3)c[nH]c2c1. The number of hydrogen-bond acceptors (Lipinski definition) is 2. The van der Waals surface area contributed by atoms with E-state index in [1.807, 2.05) is 19.1 Å². The summed E-state index contributed by atoms with van der Waals surface area (Å²) in [5, 5.41) is 3.52. The van der Waals surface area contributed by atoms with Crippen LogP contribution in [0.2, 0.25) is 0 Å². The van der Waals surface area contributed by atoms with Crippen LogP contribution in [0.4, 0.5) is 0 Å². The second-order valence-electron chi connectivity index (χ2n) is 5.54. The molecule has 0 atom stereocenters. The molecular weight excluding hydrogens is 252 g/mol. The highest BCUT2D eigenvalue weighted by molar-refractivity contribution is 5.97. The Morgan fingerprint density at radius 2 is 2.05 bits per heavy atom. The molecule has 3 rings (SSSR count). The molecule has 0 spiro atoms. The summed E-state index contributed by atoms with van der Waals surface area (Å²) in [7, 11) is 0. The van der Waals surface area contributed by atoms with Crippen LogP contribution in [0.1, 0.15) is 41.6 Å². The van der Waals surface area contributed by atoms with Gasteiger partial charge in [0.1, 0.15) is 5.56 Å². The Morgan fingerprint density at radius 3 is 2.80 bits per heavy atom. The molecule has 0 bridgehead atoms. The smallest absolute Gasteiger partial charge is 0.256 e. The van der Waals surface area contributed by atoms with E-state index in [0.717, 1.165) is 36.8 Å². The number of hydrogen-bond donors (Lipinski definition) is 2. The van der Waals surface area contributed by atoms with Crippen LogP contribution in [-0.4, -0.2) is 16.9 Å². The average Bonchev–Trinajstić information content (AvgIpc) is 2.91. The van der Waals surface area contributed by atoms with Crippen LogP contribution in [0.3, 0.4) is 0 Å². The van der Waals surface area contributed by atoms with Crippen molar-refractivity contribution in [1.82, 2.24) is 10.3 Å². The van der Waals surface area contributed by atoms with Crippen LogP contribution in [0.5, 0.6) is 0 Å². The van der Waals surface area contributed by atoms with Gasteiger partial charge in [-0.1, -0.05) is 18.9 Å². The molecule has 4 nitrogen and oxygen atoms in total. The van der Waals surface area contributed by atoms with Crippen molar-refractivity contribution in [3.8, 4) is 0 Å². The summed E-state index contributed by atoms with van der Waals surface area (Å²) in [5.74, 6) is -0.263. The molecule has 0 unspecified atom stereocenters. The zero-order valence-electron chi connectivity index (χ0n) is 11.5. The number of amides is 1. The number of aromatic amines is 1. The standard InChI is InChI=1S/C16H18N2O2/c1-10-6-7-12-14(8-10)17-9-13(15(12)19)16(20)18-11-4-2-3-5-11/h6-9,11H,2-5H2,1H3,(H,17,19)(H,18,20). The maximum absolute atomic E-state index is 12.4. The molecule has 0 radical (unpaired) electrons. The summed E-state index contributed by atoms with van der Waals surface area (Å²) in [4.78, 5) is 27.6. The van der Waals surface area contributed by atoms with Gasteiger partial charge in [-0.2, -0.15) is 0 Å². The van der Waals surface area contributed by atoms with Gasteiger partial charge in [0.15, 0.2) is 0 Å². The lowest BCUT2D eigenvalue weighted by Crippen LogP contribution is -2.35. The number of rotatable bonds is 2. The normalized spacial score (nSPS) is 15.7. The van der Waals surface area contributed by atoms with Crippen LogP contribution < -0.4 is 10.7 Å². The maximum Gasteiger partial charge on any atom is 0.256 e. The van der Waals surface area contributed by atoms with Crippen molar-refractivity contribution in [2.45, 2.75) is 38.6 Å². The van der Waals surface area contributed by atoms with E-state index in [1.54, 1.807) is 6.07 Å². The molecule has 4 heteroatoms. The topological polar surface area (TPSA) is 62.0 Å². The van der Waals surface area contributed by atoms with Crippen LogP contribution in [-0.2, 0) is 0 Å². The first kappa shape index (κ1) is 12.9. The van der Waals surface area contributed by atoms with Gasteiger partial charge < -0.3 is 10.3 Å². The van der Waals surface area contributed by atoms with Gasteiger partial charge in [-0.15, -0.1) is 0 Å². The van der Waals surface area contributed by atoms with Crippen molar-refractivity contribution in [2.24, 2.45) is 0 Å². The van der Waals surface area contributed by atoms with Crippen molar-refractivity contribution in [3.05, 3.63) is 45.7 Å². The highest BCUT2D eigenvalue weighted by atomic mass is 16.2. The molecule has 0 aliphatic heterocycles. The summed E-state index contributed by atoms with van der Waals surface area (Å²) in [5.41, 5.74) is 1.85. The van der Waals surface area contributed by atoms with E-state index < -0.39 is 0 Å². The van der Waals surface area contributed by atoms with Gasteiger partial charge in [0, 0.05) is 23.1 Å². The zero-order chi connectivity index (χ0) is 14.1. The van der Waals surface area contributed by atoms with Crippen molar-refractivity contribution in [3.63, 3.8) is 0 Å². The van der Waals surface area contributed by atoms with Gasteiger partial charge in [0.25, 0.3) is 5.91 Å². The molecule has 104 valence electrons. The third-order valence-corrected chi connectivity index (χ3v) is 3.97. The Bertz CT molecular complexity index is 712. The molecule has 1 aliphatic rings. The monoisotopic (exact) mass is 270 g/mol. The number of aryl methyl sites for hydroxylation is 1. The molecular formula is C16H18N2O2. The molecule has 1 amide bonds. The molecule has 0 saturated heterocycles. The summed E-state index contributed by atoms with van der Waals surface area (Å²) >= 11 is 0. The van der Waals surface area contributed by atoms with E-state index >= 15 is 0 Å². The average molecular weight is 270 g/mol. The molecule has 1 saturated carbocycles. The van der Waals surface area contributed by atoms with Gasteiger partial charge in [-0.25, -0.2) is 0 Å². The fourth-order valence-electron chi connectivity index (χ4n) is 2.84. The number of nitrogens with one attached hydrogen (secondary N) is 2. The van der Waals surface area contributed by atoms with Crippen LogP contribution in [0.15, 0.2) is 29.2 Å². The van der Waals surface area contributed by atoms with Crippen LogP contribution in [0.25, 0.3) is 10.9 Å². The van der Waals surface area contributed by atoms with E-state index in [-0.39, 0.29) is 22.9 Å². The van der Waals surface area contributed by atoms with Gasteiger partial charge in [0.2, 0.25) is 5.43 Å². The van der Waals surface area contributed by atoms with E-state index in [2.05, 4.69) is 10.3 Å². The quantitative estimate of drug-likeness (QED) is 0.880. The van der Waals surface area contributed by atoms with Gasteiger partial charge >= 0.3 is 0 Å². The van der Waals surface area contributed by atoms with Crippen molar-refractivity contribution < 1.29 is 4.79 Å². The first-order valence-corrected chi connectivity index (χ1v) is 7.08. The third-order valence-electron chi connectivity index (χ3n) is 3.97. The largest absolute Gasteiger partial charge is 0.360 e. The fourth-order valence-corrected chi connectivity index (χ4v) is 2.84. The molecule has 2 N–H and O–H groups in total. The number of carbonyl (C=O) groups excluding carboxylic acids is 1. The lowest BCUT2D eigenvalue weighted by molar-refractivity contribution is 0.0936. The van der Waals surface area contributed by atoms with E-state index in [0.29, 0.717) is 5.39 Å². The third kappa shape index (κ3) is 2.33. The summed E-state index contributed by atoms with van der Waals surface area (Å²) < 4.78 is 0. The summed E-state index contributed by atoms with van der Waals surface area (Å²) in [6.07, 6.45) is 5.85. The van der Waals surface area contributed by atoms with E-state index in [4.69, 9.17) is 0 Å². The Morgan fingerprint density at radius 1 is 1.30 bits per heavy atom. The number of aromatic nitrogens is 1. The number of carbonyl (C=O) groups is 1. The molecule has 1 aliphatic carbocycles. The Labute approximate surface area is 117 Å². The minimum Gasteiger partial charge on any atom is -0.360 e. The first-order chi connectivity index (χ1) is 9.65. The number of pyridine rings is 1. The minimum atomic E-state index is -0.263. The summed E-state index contributed by atoms with van der Waals surface area (Å²) in [6.45, 7) is 1.97. The number of benzene rings is 1. The lowest BCUT2D eigenvalue weighted by Gasteiger charge is -2.11. The lowest BCUT2D eigenvalue weighted by atomic mass is 10.1. The molecule has 1 aromatic heterocycles. The molecule has 1 fully saturated rings. The predicted molar refractivity (Wildman–Crippen MR) is 79.0 cm³/mol. The van der Waals surface area contributed by atoms with Gasteiger partial charge in [0.05, 0.1) is 0 Å². The summed E-state index contributed by atoms with van der Waals surface area (Å²) in [6, 6.07) is 5.79. The van der Waals surface area contributed by atoms with Gasteiger partial charge in [-0.05, 0) is 37.5 Å². The fraction of sp³-hybridized carbons (Fsp3) is 0.375. The van der Waals surface area contributed by atoms with Crippen molar-refractivity contribution in [2.75, 3.05) is 0 Å². The second kappa shape index (κ2) is 5.12. The van der Waals surface area contributed by atoms with E-state index in [9.17, 15) is 9.59 Å². The van der Waals surface area contributed by atoms with Crippen LogP contribution in [0, 0.1) is 6.92 Å². The van der Waals surface area contributed by atoms with Crippen molar-refractivity contribution >= 4 is 16.8 Å². The molecule has 2 aromatic rings. The van der Waals surface area contributed by atoms with E-state index in [1.165, 1.54) is 6.20 Å². The van der Waals surface area contributed by atoms with Gasteiger partial charge in [-0.3, -0.25) is 9.59 Å². The molecule has 20 heavy (non-hydrogen) atoms. The maximum atomic E-state index is 12.4. The Kier molecular flexibility index (Phi) is 3.30. The minimum absolute atomic E-state index is 0.200. The number of H-pyrrole nitrogens is 1. The Hall–Kier alpha value is -2.10. The second-order valence-corrected chi connectivity index (χ2v) is 5.54. The first-order valence-electron chi connectivity index (χ1n) is 7.08. The molecule has 1 aromatic carbocycles. The molecule has 1 heterocycles. The zero-order valence-corrected chi connectivity index (χ0v) is 11.5. The van der Waals surface area contributed by atoms with Crippen LogP contribution >= 0.6 is 0 Å². The highest BCUT2D eigenvalue weighted by Gasteiger charge is 2.20. The predicted octanol–water partition coefficient (Wildman–Crippen LogP) is 2.51. The highest BCUT2D eigenvalue weighted by Crippen LogP contribution is 2.18.